The summed E-state index contributed by atoms with van der Waals surface area (Å²) in [6.07, 6.45) is 3.63. The number of morpholine rings is 1. The molecule has 2 saturated heterocycles. The summed E-state index contributed by atoms with van der Waals surface area (Å²) in [5.41, 5.74) is 3.43. The molecular weight excluding hydrogens is 466 g/mol. The Bertz CT molecular complexity index is 850. The van der Waals surface area contributed by atoms with E-state index in [1.807, 2.05) is 12.1 Å². The largest absolute Gasteiger partial charge is 0.384 e. The molecule has 4 rings (SSSR count). The van der Waals surface area contributed by atoms with E-state index >= 15 is 0 Å². The predicted octanol–water partition coefficient (Wildman–Crippen LogP) is 3.89. The summed E-state index contributed by atoms with van der Waals surface area (Å²) in [4.78, 5) is 21.7. The molecule has 1 aromatic carbocycles. The number of rotatable bonds is 7. The fraction of sp³-hybridized carbons (Fsp3) is 0.524. The van der Waals surface area contributed by atoms with Crippen LogP contribution in [0.1, 0.15) is 29.8 Å². The lowest BCUT2D eigenvalue weighted by molar-refractivity contribution is 0.0398. The number of hydrogen-bond acceptors (Lipinski definition) is 7. The number of ether oxygens (including phenoxy) is 1. The Balaban J connectivity index is 1.45. The summed E-state index contributed by atoms with van der Waals surface area (Å²) in [6, 6.07) is 6.21. The summed E-state index contributed by atoms with van der Waals surface area (Å²) in [5, 5.41) is 8.38. The zero-order valence-electron chi connectivity index (χ0n) is 17.0. The average molecular weight is 494 g/mol. The van der Waals surface area contributed by atoms with Gasteiger partial charge in [0.05, 0.1) is 24.6 Å². The van der Waals surface area contributed by atoms with Gasteiger partial charge in [0.15, 0.2) is 3.92 Å². The highest BCUT2D eigenvalue weighted by Crippen LogP contribution is 2.32. The molecule has 2 aliphatic heterocycles. The second-order valence-electron chi connectivity index (χ2n) is 7.60. The molecule has 0 atom stereocenters. The summed E-state index contributed by atoms with van der Waals surface area (Å²) in [5.74, 6) is -0.178. The van der Waals surface area contributed by atoms with Crippen molar-refractivity contribution >= 4 is 50.2 Å². The van der Waals surface area contributed by atoms with Crippen molar-refractivity contribution in [1.82, 2.24) is 9.88 Å². The third-order valence-electron chi connectivity index (χ3n) is 5.51. The minimum absolute atomic E-state index is 0.178. The molecule has 0 bridgehead atoms. The molecule has 9 heteroatoms. The van der Waals surface area contributed by atoms with Crippen LogP contribution in [0, 0.1) is 0 Å². The van der Waals surface area contributed by atoms with Gasteiger partial charge in [-0.3, -0.25) is 9.69 Å². The van der Waals surface area contributed by atoms with Gasteiger partial charge in [-0.05, 0) is 53.4 Å². The maximum absolute atomic E-state index is 12.7. The number of anilines is 3. The van der Waals surface area contributed by atoms with Crippen LogP contribution in [0.3, 0.4) is 0 Å². The molecule has 1 aromatic heterocycles. The van der Waals surface area contributed by atoms with Crippen molar-refractivity contribution in [3.05, 3.63) is 33.2 Å². The zero-order valence-corrected chi connectivity index (χ0v) is 19.4. The van der Waals surface area contributed by atoms with Crippen LogP contribution in [0.25, 0.3) is 0 Å². The number of nitrogens with zero attached hydrogens (tertiary/aromatic N) is 3. The van der Waals surface area contributed by atoms with Crippen LogP contribution < -0.4 is 15.5 Å². The molecule has 2 N–H and O–H groups in total. The SMILES string of the molecule is O=C(Nc1ccc(NCCN2CCOCC2)cc1N1CCCCC1)c1csc(Br)n1. The topological polar surface area (TPSA) is 69.7 Å². The Morgan fingerprint density at radius 2 is 1.97 bits per heavy atom. The van der Waals surface area contributed by atoms with E-state index < -0.39 is 0 Å². The molecule has 3 heterocycles. The highest BCUT2D eigenvalue weighted by Gasteiger charge is 2.18. The van der Waals surface area contributed by atoms with Crippen molar-refractivity contribution in [2.75, 3.05) is 68.0 Å². The monoisotopic (exact) mass is 493 g/mol. The zero-order chi connectivity index (χ0) is 20.8. The van der Waals surface area contributed by atoms with E-state index in [0.717, 1.165) is 69.5 Å². The first-order valence-corrected chi connectivity index (χ1v) is 12.2. The van der Waals surface area contributed by atoms with Crippen molar-refractivity contribution < 1.29 is 9.53 Å². The second kappa shape index (κ2) is 10.6. The van der Waals surface area contributed by atoms with E-state index in [4.69, 9.17) is 4.74 Å². The van der Waals surface area contributed by atoms with E-state index in [1.54, 1.807) is 5.38 Å². The van der Waals surface area contributed by atoms with E-state index in [1.165, 1.54) is 30.6 Å². The molecule has 1 amide bonds. The predicted molar refractivity (Wildman–Crippen MR) is 126 cm³/mol. The lowest BCUT2D eigenvalue weighted by Crippen LogP contribution is -2.39. The van der Waals surface area contributed by atoms with Gasteiger partial charge in [-0.25, -0.2) is 4.98 Å². The normalized spacial score (nSPS) is 17.7. The number of hydrogen-bond donors (Lipinski definition) is 2. The highest BCUT2D eigenvalue weighted by atomic mass is 79.9. The molecule has 0 radical (unpaired) electrons. The van der Waals surface area contributed by atoms with Crippen molar-refractivity contribution in [1.29, 1.82) is 0 Å². The fourth-order valence-electron chi connectivity index (χ4n) is 3.87. The van der Waals surface area contributed by atoms with Gasteiger partial charge < -0.3 is 20.3 Å². The molecule has 0 saturated carbocycles. The maximum atomic E-state index is 12.7. The number of halogens is 1. The smallest absolute Gasteiger partial charge is 0.275 e. The maximum Gasteiger partial charge on any atom is 0.275 e. The molecule has 0 unspecified atom stereocenters. The van der Waals surface area contributed by atoms with E-state index in [2.05, 4.69) is 47.4 Å². The summed E-state index contributed by atoms with van der Waals surface area (Å²) in [6.45, 7) is 7.56. The number of carbonyl (C=O) groups is 1. The first-order valence-electron chi connectivity index (χ1n) is 10.5. The number of piperidine rings is 1. The van der Waals surface area contributed by atoms with Crippen LogP contribution in [0.4, 0.5) is 17.1 Å². The molecule has 7 nitrogen and oxygen atoms in total. The van der Waals surface area contributed by atoms with Gasteiger partial charge in [-0.2, -0.15) is 0 Å². The number of aromatic nitrogens is 1. The van der Waals surface area contributed by atoms with Crippen molar-refractivity contribution in [3.63, 3.8) is 0 Å². The number of benzene rings is 1. The minimum atomic E-state index is -0.178. The van der Waals surface area contributed by atoms with Crippen molar-refractivity contribution in [2.24, 2.45) is 0 Å². The lowest BCUT2D eigenvalue weighted by atomic mass is 10.1. The van der Waals surface area contributed by atoms with Crippen LogP contribution in [-0.4, -0.2) is 68.3 Å². The third kappa shape index (κ3) is 5.72. The highest BCUT2D eigenvalue weighted by molar-refractivity contribution is 9.11. The van der Waals surface area contributed by atoms with Gasteiger partial charge in [0.1, 0.15) is 5.69 Å². The summed E-state index contributed by atoms with van der Waals surface area (Å²) < 4.78 is 6.13. The standard InChI is InChI=1S/C21H28BrN5O2S/c22-21-25-18(15-30-21)20(28)24-17-5-4-16(14-19(17)27-7-2-1-3-8-27)23-6-9-26-10-12-29-13-11-26/h4-5,14-15,23H,1-3,6-13H2,(H,24,28). The van der Waals surface area contributed by atoms with Gasteiger partial charge in [0.2, 0.25) is 0 Å². The quantitative estimate of drug-likeness (QED) is 0.609. The van der Waals surface area contributed by atoms with Crippen molar-refractivity contribution in [2.45, 2.75) is 19.3 Å². The number of amides is 1. The van der Waals surface area contributed by atoms with Crippen molar-refractivity contribution in [3.8, 4) is 0 Å². The van der Waals surface area contributed by atoms with E-state index in [0.29, 0.717) is 9.61 Å². The molecule has 162 valence electrons. The number of carbonyl (C=O) groups excluding carboxylic acids is 1. The average Bonchev–Trinajstić information content (AvgIpc) is 3.22. The third-order valence-corrected chi connectivity index (χ3v) is 6.88. The van der Waals surface area contributed by atoms with E-state index in [9.17, 15) is 4.79 Å². The van der Waals surface area contributed by atoms with Crippen LogP contribution in [0.5, 0.6) is 0 Å². The van der Waals surface area contributed by atoms with Crippen LogP contribution in [-0.2, 0) is 4.74 Å². The van der Waals surface area contributed by atoms with Crippen LogP contribution in [0.15, 0.2) is 27.5 Å². The van der Waals surface area contributed by atoms with Crippen LogP contribution >= 0.6 is 27.3 Å². The van der Waals surface area contributed by atoms with Gasteiger partial charge >= 0.3 is 0 Å². The molecule has 2 aliphatic rings. The van der Waals surface area contributed by atoms with E-state index in [-0.39, 0.29) is 5.91 Å². The minimum Gasteiger partial charge on any atom is -0.384 e. The number of nitrogens with one attached hydrogen (secondary N) is 2. The molecule has 0 aliphatic carbocycles. The molecule has 30 heavy (non-hydrogen) atoms. The fourth-order valence-corrected chi connectivity index (χ4v) is 4.86. The molecular formula is C21H28BrN5O2S. The first kappa shape index (κ1) is 21.5. The Kier molecular flexibility index (Phi) is 7.59. The van der Waals surface area contributed by atoms with Gasteiger partial charge in [-0.15, -0.1) is 11.3 Å². The molecule has 2 aromatic rings. The van der Waals surface area contributed by atoms with Crippen LogP contribution in [0.2, 0.25) is 0 Å². The Hall–Kier alpha value is -1.68. The second-order valence-corrected chi connectivity index (χ2v) is 9.73. The Morgan fingerprint density at radius 1 is 1.17 bits per heavy atom. The van der Waals surface area contributed by atoms with Gasteiger partial charge in [0, 0.05) is 50.3 Å². The summed E-state index contributed by atoms with van der Waals surface area (Å²) >= 11 is 4.74. The number of thiazole rings is 1. The Labute approximate surface area is 189 Å². The molecule has 2 fully saturated rings. The lowest BCUT2D eigenvalue weighted by Gasteiger charge is -2.31. The van der Waals surface area contributed by atoms with Gasteiger partial charge in [-0.1, -0.05) is 0 Å². The van der Waals surface area contributed by atoms with Gasteiger partial charge in [0.25, 0.3) is 5.91 Å². The first-order chi connectivity index (χ1) is 14.7. The molecule has 0 spiro atoms. The summed E-state index contributed by atoms with van der Waals surface area (Å²) in [7, 11) is 0. The Morgan fingerprint density at radius 3 is 2.70 bits per heavy atom.